The molecule has 0 spiro atoms. The maximum Gasteiger partial charge on any atom is 0.374 e. The Labute approximate surface area is 261 Å². The molecule has 0 bridgehead atoms. The maximum absolute atomic E-state index is 13.6. The molecule has 0 unspecified atom stereocenters. The zero-order valence-corrected chi connectivity index (χ0v) is 27.5. The largest absolute Gasteiger partial charge is 0.469 e. The summed E-state index contributed by atoms with van der Waals surface area (Å²) in [6.45, 7) is 12.9. The van der Waals surface area contributed by atoms with Gasteiger partial charge in [-0.3, -0.25) is 4.79 Å². The summed E-state index contributed by atoms with van der Waals surface area (Å²) >= 11 is 0. The van der Waals surface area contributed by atoms with Gasteiger partial charge >= 0.3 is 11.9 Å². The van der Waals surface area contributed by atoms with E-state index in [-0.39, 0.29) is 41.0 Å². The van der Waals surface area contributed by atoms with Crippen LogP contribution in [0.25, 0.3) is 0 Å². The van der Waals surface area contributed by atoms with Crippen molar-refractivity contribution in [1.82, 2.24) is 0 Å². The number of hydrogen-bond acceptors (Lipinski definition) is 8. The van der Waals surface area contributed by atoms with E-state index in [1.165, 1.54) is 25.0 Å². The highest BCUT2D eigenvalue weighted by molar-refractivity contribution is 5.86. The highest BCUT2D eigenvalue weighted by Gasteiger charge is 2.73. The molecular weight excluding hydrogens is 560 g/mol. The van der Waals surface area contributed by atoms with Crippen LogP contribution in [-0.4, -0.2) is 59.3 Å². The second-order valence-corrected chi connectivity index (χ2v) is 16.2. The molecule has 44 heavy (non-hydrogen) atoms. The molecule has 1 aromatic rings. The Kier molecular flexibility index (Phi) is 7.54. The predicted octanol–water partition coefficient (Wildman–Crippen LogP) is 5.55. The van der Waals surface area contributed by atoms with E-state index in [2.05, 4.69) is 40.7 Å². The lowest BCUT2D eigenvalue weighted by Crippen LogP contribution is -2.71. The van der Waals surface area contributed by atoms with Crippen LogP contribution < -0.4 is 0 Å². The maximum atomic E-state index is 13.6. The lowest BCUT2D eigenvalue weighted by molar-refractivity contribution is -0.273. The van der Waals surface area contributed by atoms with Crippen LogP contribution in [0.5, 0.6) is 0 Å². The van der Waals surface area contributed by atoms with Crippen molar-refractivity contribution in [2.45, 2.75) is 105 Å². The molecule has 4 saturated carbocycles. The van der Waals surface area contributed by atoms with Crippen molar-refractivity contribution in [2.75, 3.05) is 13.7 Å². The van der Waals surface area contributed by atoms with Gasteiger partial charge in [0.2, 0.25) is 5.76 Å². The van der Waals surface area contributed by atoms with Gasteiger partial charge in [0, 0.05) is 11.3 Å². The zero-order chi connectivity index (χ0) is 32.0. The molecule has 5 aliphatic rings. The van der Waals surface area contributed by atoms with E-state index in [1.807, 2.05) is 6.92 Å². The lowest BCUT2D eigenvalue weighted by atomic mass is 9.32. The van der Waals surface area contributed by atoms with Gasteiger partial charge < -0.3 is 29.2 Å². The number of carbonyl (C=O) groups excluding carboxylic acids is 2. The fraction of sp³-hybridized carbons (Fsp3) is 0.778. The van der Waals surface area contributed by atoms with Crippen LogP contribution in [0.15, 0.2) is 34.5 Å². The van der Waals surface area contributed by atoms with Crippen LogP contribution in [0.1, 0.15) is 97.0 Å². The highest BCUT2D eigenvalue weighted by Crippen LogP contribution is 2.76. The smallest absolute Gasteiger partial charge is 0.374 e. The molecule has 0 amide bonds. The Morgan fingerprint density at radius 2 is 1.80 bits per heavy atom. The number of furan rings is 1. The summed E-state index contributed by atoms with van der Waals surface area (Å²) in [5, 5.41) is 34.6. The Bertz CT molecular complexity index is 1320. The molecule has 244 valence electrons. The van der Waals surface area contributed by atoms with Gasteiger partial charge in [-0.05, 0) is 97.0 Å². The minimum atomic E-state index is -1.16. The average Bonchev–Trinajstić information content (AvgIpc) is 3.53. The Hall–Kier alpha value is -2.16. The van der Waals surface area contributed by atoms with Crippen molar-refractivity contribution in [3.63, 3.8) is 0 Å². The summed E-state index contributed by atoms with van der Waals surface area (Å²) in [5.74, 6) is -0.111. The number of aliphatic hydroxyl groups excluding tert-OH is 3. The number of allylic oxidation sites excluding steroid dienone is 2. The minimum absolute atomic E-state index is 0.0635. The molecule has 0 aliphatic heterocycles. The van der Waals surface area contributed by atoms with E-state index in [9.17, 15) is 24.9 Å². The molecular formula is C36H52O8. The van der Waals surface area contributed by atoms with Crippen LogP contribution in [0.3, 0.4) is 0 Å². The summed E-state index contributed by atoms with van der Waals surface area (Å²) < 4.78 is 16.7. The van der Waals surface area contributed by atoms with Crippen molar-refractivity contribution in [3.05, 3.63) is 35.8 Å². The SMILES string of the molecule is COC(=O)[C@]12CC[C@@H](C)[C@H](C)[C@@H]1C1=CC[C@@H]3[C@@]4(C)C[C@@H](OC(=O)c5ccco5)[C@H](O)[C@@](C)(CO)[C@@H]4[C@H](O)C[C@@]3(C)[C@]1(C)CC2. The third-order valence-corrected chi connectivity index (χ3v) is 14.5. The number of carbonyl (C=O) groups is 2. The highest BCUT2D eigenvalue weighted by atomic mass is 16.6. The van der Waals surface area contributed by atoms with Crippen molar-refractivity contribution >= 4 is 11.9 Å². The van der Waals surface area contributed by atoms with Gasteiger partial charge in [-0.25, -0.2) is 4.79 Å². The molecule has 5 aliphatic carbocycles. The molecule has 0 radical (unpaired) electrons. The Balaban J connectivity index is 1.44. The van der Waals surface area contributed by atoms with Crippen LogP contribution in [0, 0.1) is 56.7 Å². The van der Waals surface area contributed by atoms with Crippen molar-refractivity contribution < 1.29 is 38.8 Å². The van der Waals surface area contributed by atoms with Gasteiger partial charge in [0.25, 0.3) is 0 Å². The second kappa shape index (κ2) is 10.4. The number of esters is 2. The quantitative estimate of drug-likeness (QED) is 0.299. The summed E-state index contributed by atoms with van der Waals surface area (Å²) in [6.07, 6.45) is 6.08. The number of hydrogen-bond donors (Lipinski definition) is 3. The molecule has 13 atom stereocenters. The predicted molar refractivity (Wildman–Crippen MR) is 163 cm³/mol. The molecule has 1 heterocycles. The van der Waals surface area contributed by atoms with E-state index in [0.717, 1.165) is 32.1 Å². The van der Waals surface area contributed by atoms with Crippen molar-refractivity contribution in [3.8, 4) is 0 Å². The van der Waals surface area contributed by atoms with Crippen LogP contribution >= 0.6 is 0 Å². The zero-order valence-electron chi connectivity index (χ0n) is 27.5. The number of rotatable bonds is 4. The van der Waals surface area contributed by atoms with Crippen molar-refractivity contribution in [2.24, 2.45) is 56.7 Å². The third-order valence-electron chi connectivity index (χ3n) is 14.5. The molecule has 0 saturated heterocycles. The topological polar surface area (TPSA) is 126 Å². The lowest BCUT2D eigenvalue weighted by Gasteiger charge is -2.72. The molecule has 0 aromatic carbocycles. The first-order valence-electron chi connectivity index (χ1n) is 16.6. The number of methoxy groups -OCH3 is 1. The summed E-state index contributed by atoms with van der Waals surface area (Å²) in [6, 6.07) is 3.15. The average molecular weight is 613 g/mol. The standard InChI is InChI=1S/C36H52O8/c1-20-12-13-36(31(41)42-7)15-14-34(5)22(27(36)21(20)2)10-11-26-32(3)18-25(44-30(40)24-9-8-16-43-24)29(39)33(4,19-37)28(32)23(38)17-35(26,34)6/h8-10,16,20-21,23,25-29,37-39H,11-15,17-19H2,1-7H3/t20-,21+,23-,25-,26-,27-,28-,29+,32-,33+,34-,35-,36+/m1/s1. The van der Waals surface area contributed by atoms with E-state index in [1.54, 1.807) is 6.07 Å². The summed E-state index contributed by atoms with van der Waals surface area (Å²) in [4.78, 5) is 26.6. The first-order chi connectivity index (χ1) is 20.6. The van der Waals surface area contributed by atoms with Crippen LogP contribution in [0.2, 0.25) is 0 Å². The summed E-state index contributed by atoms with van der Waals surface area (Å²) in [7, 11) is 1.51. The first-order valence-corrected chi connectivity index (χ1v) is 16.6. The second-order valence-electron chi connectivity index (χ2n) is 16.2. The van der Waals surface area contributed by atoms with E-state index >= 15 is 0 Å². The molecule has 8 heteroatoms. The number of ether oxygens (including phenoxy) is 2. The van der Waals surface area contributed by atoms with Gasteiger partial charge in [0.1, 0.15) is 6.10 Å². The van der Waals surface area contributed by atoms with Crippen LogP contribution in [0.4, 0.5) is 0 Å². The first kappa shape index (κ1) is 31.8. The molecule has 4 fully saturated rings. The van der Waals surface area contributed by atoms with Gasteiger partial charge in [-0.2, -0.15) is 0 Å². The van der Waals surface area contributed by atoms with E-state index < -0.39 is 46.4 Å². The Morgan fingerprint density at radius 1 is 1.07 bits per heavy atom. The third kappa shape index (κ3) is 3.98. The normalized spacial score (nSPS) is 49.8. The molecule has 8 nitrogen and oxygen atoms in total. The van der Waals surface area contributed by atoms with E-state index in [4.69, 9.17) is 13.9 Å². The van der Waals surface area contributed by atoms with Gasteiger partial charge in [-0.1, -0.05) is 53.2 Å². The van der Waals surface area contributed by atoms with E-state index in [0.29, 0.717) is 24.7 Å². The fourth-order valence-corrected chi connectivity index (χ4v) is 12.0. The van der Waals surface area contributed by atoms with Crippen molar-refractivity contribution in [1.29, 1.82) is 0 Å². The minimum Gasteiger partial charge on any atom is -0.469 e. The molecule has 1 aromatic heterocycles. The molecule has 6 rings (SSSR count). The Morgan fingerprint density at radius 3 is 2.43 bits per heavy atom. The molecule has 3 N–H and O–H groups in total. The van der Waals surface area contributed by atoms with Gasteiger partial charge in [0.05, 0.1) is 37.6 Å². The van der Waals surface area contributed by atoms with Crippen LogP contribution in [-0.2, 0) is 14.3 Å². The summed E-state index contributed by atoms with van der Waals surface area (Å²) in [5.41, 5.74) is -1.44. The monoisotopic (exact) mass is 612 g/mol. The van der Waals surface area contributed by atoms with Gasteiger partial charge in [0.15, 0.2) is 0 Å². The van der Waals surface area contributed by atoms with Gasteiger partial charge in [-0.15, -0.1) is 0 Å². The number of fused-ring (bicyclic) bond motifs is 7. The fourth-order valence-electron chi connectivity index (χ4n) is 12.0. The number of aliphatic hydroxyl groups is 3.